The van der Waals surface area contributed by atoms with Crippen LogP contribution in [0.15, 0.2) is 34.1 Å². The lowest BCUT2D eigenvalue weighted by molar-refractivity contribution is 0.645. The van der Waals surface area contributed by atoms with Crippen molar-refractivity contribution in [3.63, 3.8) is 0 Å². The summed E-state index contributed by atoms with van der Waals surface area (Å²) in [5.74, 6) is 0.682. The van der Waals surface area contributed by atoms with E-state index in [2.05, 4.69) is 40.7 Å². The summed E-state index contributed by atoms with van der Waals surface area (Å²) in [6.07, 6.45) is 4.83. The van der Waals surface area contributed by atoms with Crippen molar-refractivity contribution in [3.8, 4) is 0 Å². The number of nitrogens with two attached hydrogens (primary N) is 1. The van der Waals surface area contributed by atoms with E-state index < -0.39 is 0 Å². The third kappa shape index (κ3) is 2.71. The molecule has 0 unspecified atom stereocenters. The van der Waals surface area contributed by atoms with Crippen LogP contribution in [-0.4, -0.2) is 41.1 Å². The Kier molecular flexibility index (Phi) is 3.78. The van der Waals surface area contributed by atoms with Gasteiger partial charge in [-0.25, -0.2) is 4.98 Å². The molecule has 0 radical (unpaired) electrons. The summed E-state index contributed by atoms with van der Waals surface area (Å²) in [6, 6.07) is 1.92. The highest BCUT2D eigenvalue weighted by Crippen LogP contribution is 2.25. The topological polar surface area (TPSA) is 91.1 Å². The fourth-order valence-corrected chi connectivity index (χ4v) is 2.91. The van der Waals surface area contributed by atoms with Crippen molar-refractivity contribution < 1.29 is 0 Å². The summed E-state index contributed by atoms with van der Waals surface area (Å²) in [5.41, 5.74) is 7.48. The lowest BCUT2D eigenvalue weighted by Gasteiger charge is -2.37. The minimum Gasteiger partial charge on any atom is -0.396 e. The van der Waals surface area contributed by atoms with Crippen LogP contribution in [0.25, 0.3) is 0 Å². The number of rotatable bonds is 2. The molecule has 1 saturated heterocycles. The van der Waals surface area contributed by atoms with Gasteiger partial charge in [0.25, 0.3) is 5.56 Å². The number of aromatic nitrogens is 3. The number of nitrogens with zero attached hydrogens (tertiary/aromatic N) is 4. The molecule has 110 valence electrons. The molecule has 1 aliphatic heterocycles. The largest absolute Gasteiger partial charge is 0.396 e. The Balaban J connectivity index is 1.75. The molecule has 0 aromatic carbocycles. The molecule has 7 nitrogen and oxygen atoms in total. The molecule has 21 heavy (non-hydrogen) atoms. The Morgan fingerprint density at radius 3 is 2.67 bits per heavy atom. The number of piperazine rings is 1. The van der Waals surface area contributed by atoms with Crippen LogP contribution >= 0.6 is 15.9 Å². The molecule has 0 bridgehead atoms. The third-order valence-electron chi connectivity index (χ3n) is 3.53. The second-order valence-corrected chi connectivity index (χ2v) is 5.57. The van der Waals surface area contributed by atoms with Crippen LogP contribution in [0.3, 0.4) is 0 Å². The number of anilines is 3. The molecule has 0 spiro atoms. The SMILES string of the molecule is Nc1cnccc1N1CCN(c2nc[nH]c(=O)c2Br)CC1. The molecular weight excluding hydrogens is 336 g/mol. The fourth-order valence-electron chi connectivity index (χ4n) is 2.44. The smallest absolute Gasteiger partial charge is 0.267 e. The van der Waals surface area contributed by atoms with Gasteiger partial charge in [-0.15, -0.1) is 0 Å². The number of nitrogens with one attached hydrogen (secondary N) is 1. The van der Waals surface area contributed by atoms with Gasteiger partial charge in [0.15, 0.2) is 0 Å². The number of halogens is 1. The first kappa shape index (κ1) is 13.9. The van der Waals surface area contributed by atoms with E-state index in [0.29, 0.717) is 16.0 Å². The Morgan fingerprint density at radius 2 is 1.95 bits per heavy atom. The van der Waals surface area contributed by atoms with E-state index in [9.17, 15) is 4.79 Å². The highest BCUT2D eigenvalue weighted by Gasteiger charge is 2.21. The van der Waals surface area contributed by atoms with E-state index in [4.69, 9.17) is 5.73 Å². The number of nitrogen functional groups attached to an aromatic ring is 1. The maximum Gasteiger partial charge on any atom is 0.267 e. The lowest BCUT2D eigenvalue weighted by atomic mass is 10.2. The Morgan fingerprint density at radius 1 is 1.24 bits per heavy atom. The minimum absolute atomic E-state index is 0.166. The second-order valence-electron chi connectivity index (χ2n) is 4.78. The van der Waals surface area contributed by atoms with Crippen molar-refractivity contribution in [3.05, 3.63) is 39.6 Å². The summed E-state index contributed by atoms with van der Waals surface area (Å²) < 4.78 is 0.474. The molecule has 0 aliphatic carbocycles. The Hall–Kier alpha value is -2.09. The monoisotopic (exact) mass is 350 g/mol. The molecule has 0 amide bonds. The van der Waals surface area contributed by atoms with Gasteiger partial charge in [0, 0.05) is 32.4 Å². The molecule has 8 heteroatoms. The van der Waals surface area contributed by atoms with Crippen LogP contribution < -0.4 is 21.1 Å². The van der Waals surface area contributed by atoms with Gasteiger partial charge in [-0.1, -0.05) is 0 Å². The average molecular weight is 351 g/mol. The summed E-state index contributed by atoms with van der Waals surface area (Å²) in [5, 5.41) is 0. The first-order valence-electron chi connectivity index (χ1n) is 6.59. The molecule has 1 fully saturated rings. The summed E-state index contributed by atoms with van der Waals surface area (Å²) in [4.78, 5) is 26.7. The van der Waals surface area contributed by atoms with Gasteiger partial charge >= 0.3 is 0 Å². The van der Waals surface area contributed by atoms with Gasteiger partial charge in [0.05, 0.1) is 23.9 Å². The molecule has 3 N–H and O–H groups in total. The van der Waals surface area contributed by atoms with Crippen molar-refractivity contribution in [1.29, 1.82) is 0 Å². The third-order valence-corrected chi connectivity index (χ3v) is 4.24. The molecule has 1 aliphatic rings. The fraction of sp³-hybridized carbons (Fsp3) is 0.308. The van der Waals surface area contributed by atoms with E-state index in [1.54, 1.807) is 12.4 Å². The van der Waals surface area contributed by atoms with E-state index in [-0.39, 0.29) is 5.56 Å². The van der Waals surface area contributed by atoms with Crippen molar-refractivity contribution in [1.82, 2.24) is 15.0 Å². The zero-order chi connectivity index (χ0) is 14.8. The van der Waals surface area contributed by atoms with Crippen LogP contribution in [-0.2, 0) is 0 Å². The maximum absolute atomic E-state index is 11.6. The van der Waals surface area contributed by atoms with Gasteiger partial charge in [-0.2, -0.15) is 0 Å². The predicted octanol–water partition coefficient (Wildman–Crippen LogP) is 0.836. The number of pyridine rings is 1. The van der Waals surface area contributed by atoms with Gasteiger partial charge < -0.3 is 20.5 Å². The molecular formula is C13H15BrN6O. The average Bonchev–Trinajstić information content (AvgIpc) is 2.51. The molecule has 0 atom stereocenters. The number of H-pyrrole nitrogens is 1. The van der Waals surface area contributed by atoms with E-state index in [0.717, 1.165) is 31.9 Å². The number of aromatic amines is 1. The summed E-state index contributed by atoms with van der Waals surface area (Å²) in [7, 11) is 0. The predicted molar refractivity (Wildman–Crippen MR) is 85.6 cm³/mol. The summed E-state index contributed by atoms with van der Waals surface area (Å²) >= 11 is 3.30. The van der Waals surface area contributed by atoms with Crippen molar-refractivity contribution in [2.24, 2.45) is 0 Å². The van der Waals surface area contributed by atoms with Crippen molar-refractivity contribution in [2.75, 3.05) is 41.7 Å². The van der Waals surface area contributed by atoms with E-state index in [1.807, 2.05) is 6.07 Å². The standard InChI is InChI=1S/C13H15BrN6O/c14-11-12(17-8-18-13(11)21)20-5-3-19(4-6-20)10-1-2-16-7-9(10)15/h1-2,7-8H,3-6,15H2,(H,17,18,21). The molecule has 2 aromatic heterocycles. The number of hydrogen-bond donors (Lipinski definition) is 2. The molecule has 0 saturated carbocycles. The molecule has 3 heterocycles. The summed E-state index contributed by atoms with van der Waals surface area (Å²) in [6.45, 7) is 3.18. The van der Waals surface area contributed by atoms with Gasteiger partial charge in [-0.3, -0.25) is 9.78 Å². The van der Waals surface area contributed by atoms with Crippen LogP contribution in [0.2, 0.25) is 0 Å². The Labute approximate surface area is 129 Å². The van der Waals surface area contributed by atoms with Gasteiger partial charge in [0.1, 0.15) is 10.3 Å². The normalized spacial score (nSPS) is 15.3. The zero-order valence-corrected chi connectivity index (χ0v) is 12.9. The van der Waals surface area contributed by atoms with Gasteiger partial charge in [-0.05, 0) is 22.0 Å². The first-order valence-corrected chi connectivity index (χ1v) is 7.38. The van der Waals surface area contributed by atoms with Crippen LogP contribution in [0.5, 0.6) is 0 Å². The first-order chi connectivity index (χ1) is 10.2. The molecule has 2 aromatic rings. The van der Waals surface area contributed by atoms with Crippen LogP contribution in [0.1, 0.15) is 0 Å². The lowest BCUT2D eigenvalue weighted by Crippen LogP contribution is -2.47. The minimum atomic E-state index is -0.166. The molecule has 3 rings (SSSR count). The highest BCUT2D eigenvalue weighted by atomic mass is 79.9. The second kappa shape index (κ2) is 5.72. The zero-order valence-electron chi connectivity index (χ0n) is 11.3. The van der Waals surface area contributed by atoms with Crippen LogP contribution in [0.4, 0.5) is 17.2 Å². The van der Waals surface area contributed by atoms with Gasteiger partial charge in [0.2, 0.25) is 0 Å². The highest BCUT2D eigenvalue weighted by molar-refractivity contribution is 9.10. The number of hydrogen-bond acceptors (Lipinski definition) is 6. The van der Waals surface area contributed by atoms with Crippen molar-refractivity contribution >= 4 is 33.1 Å². The quantitative estimate of drug-likeness (QED) is 0.833. The Bertz CT molecular complexity index is 695. The van der Waals surface area contributed by atoms with E-state index in [1.165, 1.54) is 6.33 Å². The van der Waals surface area contributed by atoms with Crippen molar-refractivity contribution in [2.45, 2.75) is 0 Å². The van der Waals surface area contributed by atoms with E-state index >= 15 is 0 Å². The maximum atomic E-state index is 11.6. The van der Waals surface area contributed by atoms with Crippen LogP contribution in [0, 0.1) is 0 Å².